The molecule has 0 bridgehead atoms. The predicted octanol–water partition coefficient (Wildman–Crippen LogP) is 3.05. The first kappa shape index (κ1) is 19.7. The van der Waals surface area contributed by atoms with E-state index >= 15 is 0 Å². The summed E-state index contributed by atoms with van der Waals surface area (Å²) in [7, 11) is 3.12. The van der Waals surface area contributed by atoms with Gasteiger partial charge in [-0.1, -0.05) is 12.1 Å². The third-order valence-corrected chi connectivity index (χ3v) is 4.54. The molecule has 0 saturated heterocycles. The van der Waals surface area contributed by atoms with Crippen LogP contribution in [0.15, 0.2) is 41.4 Å². The van der Waals surface area contributed by atoms with Gasteiger partial charge in [0.1, 0.15) is 17.3 Å². The van der Waals surface area contributed by atoms with E-state index in [1.807, 2.05) is 0 Å². The van der Waals surface area contributed by atoms with Gasteiger partial charge < -0.3 is 20.1 Å². The Hall–Kier alpha value is -3.09. The van der Waals surface area contributed by atoms with E-state index in [1.165, 1.54) is 6.07 Å². The Morgan fingerprint density at radius 3 is 2.54 bits per heavy atom. The number of nitrogens with one attached hydrogen (secondary N) is 2. The summed E-state index contributed by atoms with van der Waals surface area (Å²) >= 11 is 0. The summed E-state index contributed by atoms with van der Waals surface area (Å²) in [6.07, 6.45) is 1.90. The highest BCUT2D eigenvalue weighted by atomic mass is 19.1. The van der Waals surface area contributed by atoms with Crippen molar-refractivity contribution in [3.63, 3.8) is 0 Å². The molecule has 1 aliphatic heterocycles. The number of halogens is 1. The Bertz CT molecular complexity index is 861. The van der Waals surface area contributed by atoms with Crippen molar-refractivity contribution in [3.05, 3.63) is 58.9 Å². The summed E-state index contributed by atoms with van der Waals surface area (Å²) in [4.78, 5) is 16.8. The highest BCUT2D eigenvalue weighted by Crippen LogP contribution is 2.22. The minimum Gasteiger partial charge on any atom is -0.497 e. The number of ether oxygens (including phenoxy) is 2. The topological polar surface area (TPSA) is 72.0 Å². The number of hydrogen-bond acceptors (Lipinski definition) is 5. The van der Waals surface area contributed by atoms with E-state index < -0.39 is 11.7 Å². The number of benzene rings is 2. The SMILES string of the molecule is COc1cc(CNC(=O)c2cccc(CNC3=NCCC3)c2F)cc(OC)c1. The number of aliphatic imine (C=N–C) groups is 1. The number of methoxy groups -OCH3 is 2. The maximum absolute atomic E-state index is 14.8. The van der Waals surface area contributed by atoms with Crippen LogP contribution in [0.4, 0.5) is 4.39 Å². The lowest BCUT2D eigenvalue weighted by Crippen LogP contribution is -2.25. The molecule has 0 spiro atoms. The molecular formula is C21H24FN3O3. The number of nitrogens with zero attached hydrogens (tertiary/aromatic N) is 1. The minimum absolute atomic E-state index is 0.0162. The average molecular weight is 385 g/mol. The van der Waals surface area contributed by atoms with E-state index in [1.54, 1.807) is 44.6 Å². The second kappa shape index (κ2) is 9.21. The summed E-state index contributed by atoms with van der Waals surface area (Å²) in [5.41, 5.74) is 1.25. The van der Waals surface area contributed by atoms with Crippen molar-refractivity contribution in [3.8, 4) is 11.5 Å². The van der Waals surface area contributed by atoms with Crippen LogP contribution in [0.2, 0.25) is 0 Å². The molecule has 1 amide bonds. The van der Waals surface area contributed by atoms with Crippen molar-refractivity contribution in [2.24, 2.45) is 4.99 Å². The van der Waals surface area contributed by atoms with Crippen molar-refractivity contribution in [1.29, 1.82) is 0 Å². The molecule has 0 unspecified atom stereocenters. The standard InChI is InChI=1S/C21H24FN3O3/c1-27-16-9-14(10-17(11-16)28-2)12-25-21(26)18-6-3-5-15(20(18)22)13-24-19-7-4-8-23-19/h3,5-6,9-11H,4,7-8,12-13H2,1-2H3,(H,23,24)(H,25,26). The van der Waals surface area contributed by atoms with Gasteiger partial charge in [0.2, 0.25) is 0 Å². The largest absolute Gasteiger partial charge is 0.497 e. The van der Waals surface area contributed by atoms with Gasteiger partial charge in [0.15, 0.2) is 0 Å². The van der Waals surface area contributed by atoms with Gasteiger partial charge in [0.05, 0.1) is 25.6 Å². The quantitative estimate of drug-likeness (QED) is 0.768. The van der Waals surface area contributed by atoms with Gasteiger partial charge in [-0.25, -0.2) is 4.39 Å². The fraction of sp³-hybridized carbons (Fsp3) is 0.333. The summed E-state index contributed by atoms with van der Waals surface area (Å²) in [5.74, 6) is 1.14. The molecule has 1 heterocycles. The monoisotopic (exact) mass is 385 g/mol. The van der Waals surface area contributed by atoms with Crippen LogP contribution in [0.5, 0.6) is 11.5 Å². The Labute approximate surface area is 163 Å². The molecule has 28 heavy (non-hydrogen) atoms. The van der Waals surface area contributed by atoms with Gasteiger partial charge in [-0.3, -0.25) is 9.79 Å². The third-order valence-electron chi connectivity index (χ3n) is 4.54. The van der Waals surface area contributed by atoms with Gasteiger partial charge in [-0.2, -0.15) is 0 Å². The maximum Gasteiger partial charge on any atom is 0.254 e. The molecule has 2 aromatic carbocycles. The zero-order valence-electron chi connectivity index (χ0n) is 16.0. The fourth-order valence-corrected chi connectivity index (χ4v) is 3.02. The normalized spacial score (nSPS) is 13.0. The van der Waals surface area contributed by atoms with Crippen LogP contribution < -0.4 is 20.1 Å². The van der Waals surface area contributed by atoms with Crippen molar-refractivity contribution in [1.82, 2.24) is 10.6 Å². The van der Waals surface area contributed by atoms with Crippen LogP contribution >= 0.6 is 0 Å². The number of carbonyl (C=O) groups excluding carboxylic acids is 1. The van der Waals surface area contributed by atoms with E-state index in [4.69, 9.17) is 9.47 Å². The van der Waals surface area contributed by atoms with Crippen LogP contribution in [-0.4, -0.2) is 32.5 Å². The Morgan fingerprint density at radius 2 is 1.89 bits per heavy atom. The smallest absolute Gasteiger partial charge is 0.254 e. The Kier molecular flexibility index (Phi) is 6.47. The molecule has 0 radical (unpaired) electrons. The lowest BCUT2D eigenvalue weighted by atomic mass is 10.1. The first-order valence-corrected chi connectivity index (χ1v) is 9.15. The van der Waals surface area contributed by atoms with Gasteiger partial charge in [0, 0.05) is 37.7 Å². The molecule has 6 nitrogen and oxygen atoms in total. The molecule has 3 rings (SSSR count). The number of amides is 1. The number of rotatable bonds is 7. The average Bonchev–Trinajstić information content (AvgIpc) is 3.24. The molecule has 0 aliphatic carbocycles. The van der Waals surface area contributed by atoms with Gasteiger partial charge in [0.25, 0.3) is 5.91 Å². The van der Waals surface area contributed by atoms with Crippen LogP contribution in [0, 0.1) is 5.82 Å². The molecule has 0 atom stereocenters. The minimum atomic E-state index is -0.519. The van der Waals surface area contributed by atoms with E-state index in [-0.39, 0.29) is 12.1 Å². The molecule has 148 valence electrons. The van der Waals surface area contributed by atoms with E-state index in [9.17, 15) is 9.18 Å². The lowest BCUT2D eigenvalue weighted by molar-refractivity contribution is 0.0946. The van der Waals surface area contributed by atoms with Crippen LogP contribution in [0.25, 0.3) is 0 Å². The fourth-order valence-electron chi connectivity index (χ4n) is 3.02. The van der Waals surface area contributed by atoms with Crippen LogP contribution in [0.3, 0.4) is 0 Å². The molecule has 7 heteroatoms. The molecular weight excluding hydrogens is 361 g/mol. The van der Waals surface area contributed by atoms with E-state index in [0.29, 0.717) is 23.6 Å². The summed E-state index contributed by atoms with van der Waals surface area (Å²) in [6, 6.07) is 10.2. The van der Waals surface area contributed by atoms with Crippen molar-refractivity contribution in [2.45, 2.75) is 25.9 Å². The van der Waals surface area contributed by atoms with Crippen LogP contribution in [-0.2, 0) is 13.1 Å². The molecule has 2 aromatic rings. The van der Waals surface area contributed by atoms with Crippen molar-refractivity contribution in [2.75, 3.05) is 20.8 Å². The molecule has 0 aromatic heterocycles. The van der Waals surface area contributed by atoms with Crippen molar-refractivity contribution < 1.29 is 18.7 Å². The van der Waals surface area contributed by atoms with Gasteiger partial charge in [-0.15, -0.1) is 0 Å². The number of amidine groups is 1. The first-order chi connectivity index (χ1) is 13.6. The number of carbonyl (C=O) groups is 1. The molecule has 1 aliphatic rings. The van der Waals surface area contributed by atoms with E-state index in [2.05, 4.69) is 15.6 Å². The van der Waals surface area contributed by atoms with Crippen molar-refractivity contribution >= 4 is 11.7 Å². The third kappa shape index (κ3) is 4.79. The summed E-state index contributed by atoms with van der Waals surface area (Å²) in [6.45, 7) is 1.34. The summed E-state index contributed by atoms with van der Waals surface area (Å²) in [5, 5.41) is 5.89. The zero-order valence-corrected chi connectivity index (χ0v) is 16.0. The second-order valence-corrected chi connectivity index (χ2v) is 6.47. The molecule has 0 fully saturated rings. The maximum atomic E-state index is 14.8. The molecule has 0 saturated carbocycles. The summed E-state index contributed by atoms with van der Waals surface area (Å²) < 4.78 is 25.2. The Morgan fingerprint density at radius 1 is 1.14 bits per heavy atom. The second-order valence-electron chi connectivity index (χ2n) is 6.47. The zero-order chi connectivity index (χ0) is 19.9. The number of hydrogen-bond donors (Lipinski definition) is 2. The highest BCUT2D eigenvalue weighted by molar-refractivity contribution is 5.94. The highest BCUT2D eigenvalue weighted by Gasteiger charge is 2.16. The Balaban J connectivity index is 1.66. The molecule has 2 N–H and O–H groups in total. The lowest BCUT2D eigenvalue weighted by Gasteiger charge is -2.12. The van der Waals surface area contributed by atoms with Gasteiger partial charge >= 0.3 is 0 Å². The predicted molar refractivity (Wildman–Crippen MR) is 105 cm³/mol. The first-order valence-electron chi connectivity index (χ1n) is 9.15. The van der Waals surface area contributed by atoms with Crippen LogP contribution in [0.1, 0.15) is 34.3 Å². The van der Waals surface area contributed by atoms with Gasteiger partial charge in [-0.05, 0) is 30.2 Å². The van der Waals surface area contributed by atoms with E-state index in [0.717, 1.165) is 30.8 Å².